The number of hydrogen-bond donors (Lipinski definition) is 16. The summed E-state index contributed by atoms with van der Waals surface area (Å²) in [5.74, 6) is -21.2. The van der Waals surface area contributed by atoms with Gasteiger partial charge in [0.05, 0.1) is 16.7 Å². The lowest BCUT2D eigenvalue weighted by atomic mass is 9.86. The molecule has 2 heterocycles. The lowest BCUT2D eigenvalue weighted by molar-refractivity contribution is -0.127. The predicted octanol–water partition coefficient (Wildman–Crippen LogP) is 3.89. The molecule has 16 N–H and O–H groups in total. The maximum Gasteiger partial charge on any atom is 0.341 e. The highest BCUT2D eigenvalue weighted by Crippen LogP contribution is 2.56. The highest BCUT2D eigenvalue weighted by Gasteiger charge is 2.43. The van der Waals surface area contributed by atoms with Gasteiger partial charge in [0, 0.05) is 58.9 Å². The average Bonchev–Trinajstić information content (AvgIpc) is 3.28. The van der Waals surface area contributed by atoms with Gasteiger partial charge in [-0.15, -0.1) is 0 Å². The number of benzene rings is 6. The Hall–Kier alpha value is -9.87. The van der Waals surface area contributed by atoms with Crippen molar-refractivity contribution >= 4 is 17.9 Å². The van der Waals surface area contributed by atoms with Crippen molar-refractivity contribution in [3.63, 3.8) is 0 Å². The predicted molar refractivity (Wildman–Crippen MR) is 223 cm³/mol. The van der Waals surface area contributed by atoms with E-state index in [1.807, 2.05) is 0 Å². The zero-order chi connectivity index (χ0) is 50.1. The molecular weight excluding hydrogens is 924 g/mol. The second-order valence-electron chi connectivity index (χ2n) is 15.4. The van der Waals surface area contributed by atoms with Gasteiger partial charge in [-0.1, -0.05) is 0 Å². The van der Waals surface area contributed by atoms with Crippen LogP contribution in [-0.2, 0) is 27.1 Å². The van der Waals surface area contributed by atoms with E-state index in [9.17, 15) is 96.1 Å². The van der Waals surface area contributed by atoms with Crippen LogP contribution in [0.5, 0.6) is 103 Å². The minimum Gasteiger partial charge on any atom is -0.508 e. The molecule has 6 aromatic carbocycles. The van der Waals surface area contributed by atoms with Crippen LogP contribution in [0.1, 0.15) is 53.9 Å². The Morgan fingerprint density at radius 1 is 0.435 bits per heavy atom. The van der Waals surface area contributed by atoms with Gasteiger partial charge in [-0.3, -0.25) is 0 Å². The molecule has 2 aliphatic heterocycles. The van der Waals surface area contributed by atoms with Gasteiger partial charge in [0.25, 0.3) is 6.29 Å². The van der Waals surface area contributed by atoms with Crippen molar-refractivity contribution in [2.24, 2.45) is 0 Å². The third-order valence-electron chi connectivity index (χ3n) is 10.9. The summed E-state index contributed by atoms with van der Waals surface area (Å²) in [6, 6.07) is 7.74. The van der Waals surface area contributed by atoms with Crippen molar-refractivity contribution in [1.82, 2.24) is 0 Å². The van der Waals surface area contributed by atoms with Crippen LogP contribution in [0.25, 0.3) is 11.1 Å². The Labute approximate surface area is 383 Å². The van der Waals surface area contributed by atoms with E-state index < -0.39 is 186 Å². The first-order chi connectivity index (χ1) is 32.5. The lowest BCUT2D eigenvalue weighted by Crippen LogP contribution is -2.43. The van der Waals surface area contributed by atoms with Gasteiger partial charge < -0.3 is 105 Å². The van der Waals surface area contributed by atoms with Gasteiger partial charge in [-0.05, 0) is 42.5 Å². The standard InChI is InChI=1S/C45H34O24/c46-16-1-13-6-31(45(68-40(13)28(55)8-16)69-43(63)15-4-24(51)35(57)25(52)5-15)67-44(64)20-11-27(54)37(59)39(61)33(20)32-19(10-26(53)36(58)38(32)60)41-30(12-18-21(48)7-17(47)9-29(18)65-41)66-42(62)14-2-22(49)34(56)23(50)3-14/h1-5,7-11,30-31,41,45-61H,6,12H2/t30-,31+,41-,45+/m1/s1. The third kappa shape index (κ3) is 8.13. The fourth-order valence-electron chi connectivity index (χ4n) is 7.69. The maximum absolute atomic E-state index is 14.5. The summed E-state index contributed by atoms with van der Waals surface area (Å²) in [4.78, 5) is 41.5. The van der Waals surface area contributed by atoms with E-state index in [0.717, 1.165) is 24.3 Å². The van der Waals surface area contributed by atoms with Crippen LogP contribution in [0.4, 0.5) is 0 Å². The Morgan fingerprint density at radius 2 is 0.928 bits per heavy atom. The second kappa shape index (κ2) is 16.8. The number of carbonyl (C=O) groups excluding carboxylic acids is 3. The summed E-state index contributed by atoms with van der Waals surface area (Å²) >= 11 is 0. The molecule has 8 rings (SSSR count). The highest BCUT2D eigenvalue weighted by molar-refractivity contribution is 6.03. The van der Waals surface area contributed by atoms with E-state index in [2.05, 4.69) is 0 Å². The minimum absolute atomic E-state index is 0.0670. The zero-order valence-corrected chi connectivity index (χ0v) is 34.4. The molecule has 24 heteroatoms. The number of esters is 3. The highest BCUT2D eigenvalue weighted by atomic mass is 16.7. The Kier molecular flexibility index (Phi) is 11.2. The topological polar surface area (TPSA) is 421 Å². The first kappa shape index (κ1) is 45.7. The average molecular weight is 959 g/mol. The molecule has 24 nitrogen and oxygen atoms in total. The summed E-state index contributed by atoms with van der Waals surface area (Å²) in [5, 5.41) is 168. The molecule has 358 valence electrons. The number of aromatic hydroxyl groups is 16. The Morgan fingerprint density at radius 3 is 1.52 bits per heavy atom. The van der Waals surface area contributed by atoms with Gasteiger partial charge in [-0.2, -0.15) is 0 Å². The summed E-state index contributed by atoms with van der Waals surface area (Å²) < 4.78 is 28.5. The van der Waals surface area contributed by atoms with E-state index in [1.54, 1.807) is 0 Å². The van der Waals surface area contributed by atoms with Crippen LogP contribution in [0.3, 0.4) is 0 Å². The molecule has 0 saturated carbocycles. The molecule has 0 bridgehead atoms. The quantitative estimate of drug-likeness (QED) is 0.0584. The summed E-state index contributed by atoms with van der Waals surface area (Å²) in [6.45, 7) is 0. The van der Waals surface area contributed by atoms with Crippen LogP contribution >= 0.6 is 0 Å². The summed E-state index contributed by atoms with van der Waals surface area (Å²) in [7, 11) is 0. The van der Waals surface area contributed by atoms with Crippen molar-refractivity contribution in [1.29, 1.82) is 0 Å². The van der Waals surface area contributed by atoms with Gasteiger partial charge in [0.15, 0.2) is 81.2 Å². The summed E-state index contributed by atoms with van der Waals surface area (Å²) in [5.41, 5.74) is -4.95. The summed E-state index contributed by atoms with van der Waals surface area (Å²) in [6.07, 6.45) is -8.78. The number of phenols is 16. The number of phenolic OH excluding ortho intramolecular Hbond substituents is 16. The Balaban J connectivity index is 1.25. The number of hydrogen-bond acceptors (Lipinski definition) is 24. The van der Waals surface area contributed by atoms with Gasteiger partial charge in [0.2, 0.25) is 11.5 Å². The minimum atomic E-state index is -2.08. The lowest BCUT2D eigenvalue weighted by Gasteiger charge is -2.35. The molecule has 0 saturated heterocycles. The van der Waals surface area contributed by atoms with Crippen molar-refractivity contribution in [3.05, 3.63) is 94.0 Å². The largest absolute Gasteiger partial charge is 0.508 e. The molecule has 6 aromatic rings. The SMILES string of the molecule is O=C(O[C@@H]1Oc2c(O)cc(O)cc2C[C@@H]1OC(=O)c1cc(O)c(O)c(O)c1-c1c([C@H]2Oc3cc(O)cc(O)c3C[C@H]2OC(=O)c2cc(O)c(O)c(O)c2)cc(O)c(O)c1O)c1cc(O)c(O)c(O)c1. The monoisotopic (exact) mass is 958 g/mol. The maximum atomic E-state index is 14.5. The number of carbonyl (C=O) groups is 3. The molecule has 0 unspecified atom stereocenters. The molecule has 0 aromatic heterocycles. The molecule has 0 spiro atoms. The van der Waals surface area contributed by atoms with Crippen molar-refractivity contribution in [2.45, 2.75) is 37.4 Å². The van der Waals surface area contributed by atoms with E-state index in [1.165, 1.54) is 0 Å². The molecule has 0 fully saturated rings. The van der Waals surface area contributed by atoms with E-state index >= 15 is 0 Å². The van der Waals surface area contributed by atoms with Crippen molar-refractivity contribution in [2.75, 3.05) is 0 Å². The molecule has 69 heavy (non-hydrogen) atoms. The van der Waals surface area contributed by atoms with Gasteiger partial charge in [0.1, 0.15) is 29.1 Å². The van der Waals surface area contributed by atoms with E-state index in [0.29, 0.717) is 36.4 Å². The molecule has 0 radical (unpaired) electrons. The van der Waals surface area contributed by atoms with Crippen molar-refractivity contribution < 1.29 is 120 Å². The molecular formula is C45H34O24. The van der Waals surface area contributed by atoms with Crippen LogP contribution in [0, 0.1) is 0 Å². The first-order valence-corrected chi connectivity index (χ1v) is 19.6. The fourth-order valence-corrected chi connectivity index (χ4v) is 7.69. The van der Waals surface area contributed by atoms with E-state index in [-0.39, 0.29) is 16.9 Å². The fraction of sp³-hybridized carbons (Fsp3) is 0.133. The smallest absolute Gasteiger partial charge is 0.341 e. The normalized spacial score (nSPS) is 17.0. The first-order valence-electron chi connectivity index (χ1n) is 19.6. The van der Waals surface area contributed by atoms with Gasteiger partial charge >= 0.3 is 17.9 Å². The number of ether oxygens (including phenoxy) is 5. The molecule has 0 amide bonds. The van der Waals surface area contributed by atoms with Crippen LogP contribution in [-0.4, -0.2) is 118 Å². The number of fused-ring (bicyclic) bond motifs is 2. The number of rotatable bonds is 8. The molecule has 4 atom stereocenters. The molecule has 0 aliphatic carbocycles. The van der Waals surface area contributed by atoms with Crippen LogP contribution < -0.4 is 9.47 Å². The van der Waals surface area contributed by atoms with Crippen molar-refractivity contribution in [3.8, 4) is 115 Å². The second-order valence-corrected chi connectivity index (χ2v) is 15.4. The van der Waals surface area contributed by atoms with Gasteiger partial charge in [-0.25, -0.2) is 14.4 Å². The van der Waals surface area contributed by atoms with Crippen LogP contribution in [0.15, 0.2) is 60.7 Å². The molecule has 2 aliphatic rings. The Bertz CT molecular complexity index is 3120. The zero-order valence-electron chi connectivity index (χ0n) is 34.4. The van der Waals surface area contributed by atoms with E-state index in [4.69, 9.17) is 23.7 Å². The van der Waals surface area contributed by atoms with Crippen LogP contribution in [0.2, 0.25) is 0 Å². The third-order valence-corrected chi connectivity index (χ3v) is 10.9.